The topological polar surface area (TPSA) is 20.3 Å². The zero-order valence-corrected chi connectivity index (χ0v) is 16.6. The maximum Gasteiger partial charge on any atom is 0.211 e. The van der Waals surface area contributed by atoms with Crippen molar-refractivity contribution < 1.29 is 4.79 Å². The summed E-state index contributed by atoms with van der Waals surface area (Å²) in [7, 11) is 0. The number of carbonyl (C=O) groups is 1. The number of allylic oxidation sites excluding steroid dienone is 1. The van der Waals surface area contributed by atoms with Crippen molar-refractivity contribution >= 4 is 17.5 Å². The molecule has 3 aromatic rings. The van der Waals surface area contributed by atoms with Crippen LogP contribution in [0.2, 0.25) is 0 Å². The van der Waals surface area contributed by atoms with Crippen molar-refractivity contribution in [2.24, 2.45) is 0 Å². The number of nitrogens with zero attached hydrogens (tertiary/aromatic N) is 1. The SMILES string of the molecule is CC(C)(C)c1ccc(C=C2C(=O)c3ccccc3N2Cc2ccccc2)cc1. The van der Waals surface area contributed by atoms with Gasteiger partial charge in [0.2, 0.25) is 5.78 Å². The van der Waals surface area contributed by atoms with Crippen LogP contribution < -0.4 is 4.90 Å². The second-order valence-electron chi connectivity index (χ2n) is 8.32. The van der Waals surface area contributed by atoms with Gasteiger partial charge in [-0.1, -0.05) is 87.5 Å². The Morgan fingerprint density at radius 3 is 2.14 bits per heavy atom. The van der Waals surface area contributed by atoms with Crippen LogP contribution in [0.4, 0.5) is 5.69 Å². The van der Waals surface area contributed by atoms with Gasteiger partial charge in [-0.3, -0.25) is 4.79 Å². The second-order valence-corrected chi connectivity index (χ2v) is 8.32. The average molecular weight is 367 g/mol. The molecule has 0 unspecified atom stereocenters. The molecule has 1 aliphatic heterocycles. The Bertz CT molecular complexity index is 1020. The van der Waals surface area contributed by atoms with E-state index in [0.29, 0.717) is 6.54 Å². The molecule has 0 saturated heterocycles. The fourth-order valence-electron chi connectivity index (χ4n) is 3.61. The number of Topliss-reactive ketones (excluding diaryl/α,β-unsaturated/α-hetero) is 1. The third kappa shape index (κ3) is 3.50. The molecule has 0 radical (unpaired) electrons. The van der Waals surface area contributed by atoms with E-state index in [0.717, 1.165) is 22.5 Å². The fourth-order valence-corrected chi connectivity index (χ4v) is 3.61. The van der Waals surface area contributed by atoms with E-state index in [-0.39, 0.29) is 11.2 Å². The quantitative estimate of drug-likeness (QED) is 0.512. The first-order chi connectivity index (χ1) is 13.4. The number of carbonyl (C=O) groups excluding carboxylic acids is 1. The number of hydrogen-bond acceptors (Lipinski definition) is 2. The van der Waals surface area contributed by atoms with Crippen molar-refractivity contribution in [2.45, 2.75) is 32.7 Å². The predicted octanol–water partition coefficient (Wildman–Crippen LogP) is 6.23. The summed E-state index contributed by atoms with van der Waals surface area (Å²) < 4.78 is 0. The number of fused-ring (bicyclic) bond motifs is 1. The number of benzene rings is 3. The van der Waals surface area contributed by atoms with Gasteiger partial charge in [0, 0.05) is 12.1 Å². The number of hydrogen-bond donors (Lipinski definition) is 0. The lowest BCUT2D eigenvalue weighted by atomic mass is 9.86. The standard InChI is InChI=1S/C26H25NO/c1-26(2,3)21-15-13-19(14-16-21)17-24-25(28)22-11-7-8-12-23(22)27(24)18-20-9-5-4-6-10-20/h4-17H,18H2,1-3H3. The van der Waals surface area contributed by atoms with Gasteiger partial charge in [0.25, 0.3) is 0 Å². The van der Waals surface area contributed by atoms with E-state index in [1.807, 2.05) is 48.5 Å². The molecular formula is C26H25NO. The maximum atomic E-state index is 13.1. The third-order valence-electron chi connectivity index (χ3n) is 5.23. The zero-order valence-electron chi connectivity index (χ0n) is 16.6. The van der Waals surface area contributed by atoms with Gasteiger partial charge >= 0.3 is 0 Å². The van der Waals surface area contributed by atoms with Crippen LogP contribution in [0.5, 0.6) is 0 Å². The molecule has 0 amide bonds. The number of para-hydroxylation sites is 1. The highest BCUT2D eigenvalue weighted by atomic mass is 16.1. The smallest absolute Gasteiger partial charge is 0.211 e. The van der Waals surface area contributed by atoms with Crippen LogP contribution in [0.25, 0.3) is 6.08 Å². The van der Waals surface area contributed by atoms with Crippen LogP contribution in [-0.2, 0) is 12.0 Å². The fraction of sp³-hybridized carbons (Fsp3) is 0.192. The van der Waals surface area contributed by atoms with Crippen molar-refractivity contribution in [3.05, 3.63) is 107 Å². The van der Waals surface area contributed by atoms with E-state index in [4.69, 9.17) is 0 Å². The summed E-state index contributed by atoms with van der Waals surface area (Å²) >= 11 is 0. The molecule has 3 aromatic carbocycles. The highest BCUT2D eigenvalue weighted by Crippen LogP contribution is 2.36. The Morgan fingerprint density at radius 2 is 1.46 bits per heavy atom. The third-order valence-corrected chi connectivity index (χ3v) is 5.23. The van der Waals surface area contributed by atoms with Gasteiger partial charge in [0.1, 0.15) is 0 Å². The lowest BCUT2D eigenvalue weighted by molar-refractivity contribution is 0.104. The Kier molecular flexibility index (Phi) is 4.64. The van der Waals surface area contributed by atoms with Gasteiger partial charge in [-0.15, -0.1) is 0 Å². The first-order valence-electron chi connectivity index (χ1n) is 9.71. The molecule has 0 N–H and O–H groups in total. The van der Waals surface area contributed by atoms with E-state index in [1.165, 1.54) is 11.1 Å². The van der Waals surface area contributed by atoms with Gasteiger partial charge in [0.05, 0.1) is 11.4 Å². The van der Waals surface area contributed by atoms with Gasteiger partial charge in [0.15, 0.2) is 0 Å². The molecule has 0 spiro atoms. The summed E-state index contributed by atoms with van der Waals surface area (Å²) in [6.45, 7) is 7.30. The lowest BCUT2D eigenvalue weighted by Gasteiger charge is -2.21. The van der Waals surface area contributed by atoms with Crippen molar-refractivity contribution in [2.75, 3.05) is 4.90 Å². The number of rotatable bonds is 3. The molecule has 1 heterocycles. The molecule has 0 saturated carbocycles. The van der Waals surface area contributed by atoms with Crippen LogP contribution in [0.3, 0.4) is 0 Å². The Labute approximate surface area is 167 Å². The molecule has 28 heavy (non-hydrogen) atoms. The highest BCUT2D eigenvalue weighted by Gasteiger charge is 2.31. The van der Waals surface area contributed by atoms with E-state index in [2.05, 4.69) is 62.1 Å². The molecule has 4 rings (SSSR count). The maximum absolute atomic E-state index is 13.1. The molecule has 2 heteroatoms. The van der Waals surface area contributed by atoms with Crippen LogP contribution >= 0.6 is 0 Å². The highest BCUT2D eigenvalue weighted by molar-refractivity contribution is 6.21. The minimum Gasteiger partial charge on any atom is -0.333 e. The first-order valence-corrected chi connectivity index (χ1v) is 9.71. The van der Waals surface area contributed by atoms with Gasteiger partial charge in [-0.25, -0.2) is 0 Å². The van der Waals surface area contributed by atoms with E-state index >= 15 is 0 Å². The second kappa shape index (κ2) is 7.12. The van der Waals surface area contributed by atoms with Crippen LogP contribution in [0, 0.1) is 0 Å². The number of anilines is 1. The van der Waals surface area contributed by atoms with E-state index in [1.54, 1.807) is 0 Å². The molecule has 0 aromatic heterocycles. The van der Waals surface area contributed by atoms with Crippen molar-refractivity contribution in [1.82, 2.24) is 0 Å². The van der Waals surface area contributed by atoms with Gasteiger partial charge in [-0.2, -0.15) is 0 Å². The normalized spacial score (nSPS) is 15.2. The monoisotopic (exact) mass is 367 g/mol. The first kappa shape index (κ1) is 18.2. The summed E-state index contributed by atoms with van der Waals surface area (Å²) in [5.41, 5.74) is 6.11. The van der Waals surface area contributed by atoms with Gasteiger partial charge in [-0.05, 0) is 40.3 Å². The van der Waals surface area contributed by atoms with Crippen molar-refractivity contribution in [1.29, 1.82) is 0 Å². The largest absolute Gasteiger partial charge is 0.333 e. The van der Waals surface area contributed by atoms with Crippen LogP contribution in [0.15, 0.2) is 84.6 Å². The molecule has 1 aliphatic rings. The van der Waals surface area contributed by atoms with E-state index < -0.39 is 0 Å². The summed E-state index contributed by atoms with van der Waals surface area (Å²) in [5, 5.41) is 0. The Hall–Kier alpha value is -3.13. The average Bonchev–Trinajstić information content (AvgIpc) is 2.95. The summed E-state index contributed by atoms with van der Waals surface area (Å²) in [4.78, 5) is 15.2. The van der Waals surface area contributed by atoms with E-state index in [9.17, 15) is 4.79 Å². The van der Waals surface area contributed by atoms with Crippen molar-refractivity contribution in [3.63, 3.8) is 0 Å². The van der Waals surface area contributed by atoms with Crippen molar-refractivity contribution in [3.8, 4) is 0 Å². The van der Waals surface area contributed by atoms with Gasteiger partial charge < -0.3 is 4.90 Å². The minimum absolute atomic E-state index is 0.0893. The lowest BCUT2D eigenvalue weighted by Crippen LogP contribution is -2.20. The molecular weight excluding hydrogens is 342 g/mol. The van der Waals surface area contributed by atoms with Crippen LogP contribution in [0.1, 0.15) is 47.8 Å². The molecule has 0 bridgehead atoms. The Balaban J connectivity index is 1.73. The predicted molar refractivity (Wildman–Crippen MR) is 117 cm³/mol. The Morgan fingerprint density at radius 1 is 0.821 bits per heavy atom. The molecule has 0 aliphatic carbocycles. The summed E-state index contributed by atoms with van der Waals surface area (Å²) in [6, 6.07) is 26.7. The number of ketones is 1. The molecule has 0 fully saturated rings. The molecule has 140 valence electrons. The molecule has 0 atom stereocenters. The molecule has 2 nitrogen and oxygen atoms in total. The zero-order chi connectivity index (χ0) is 19.7. The summed E-state index contributed by atoms with van der Waals surface area (Å²) in [5.74, 6) is 0.0893. The minimum atomic E-state index is 0.0893. The van der Waals surface area contributed by atoms with Crippen LogP contribution in [-0.4, -0.2) is 5.78 Å². The summed E-state index contributed by atoms with van der Waals surface area (Å²) in [6.07, 6.45) is 2.01.